The first-order valence-corrected chi connectivity index (χ1v) is 4.36. The Kier molecular flexibility index (Phi) is 1.72. The highest BCUT2D eigenvalue weighted by atomic mass is 19.4. The molecule has 78 valence electrons. The minimum absolute atomic E-state index is 0.210. The van der Waals surface area contributed by atoms with Crippen molar-refractivity contribution in [3.05, 3.63) is 12.2 Å². The monoisotopic (exact) mass is 206 g/mol. The molecule has 1 saturated carbocycles. The van der Waals surface area contributed by atoms with Crippen molar-refractivity contribution in [2.75, 3.05) is 0 Å². The predicted octanol–water partition coefficient (Wildman–Crippen LogP) is 2.22. The molecule has 0 spiro atoms. The van der Waals surface area contributed by atoms with Crippen LogP contribution in [0, 0.1) is 17.3 Å². The van der Waals surface area contributed by atoms with Gasteiger partial charge in [0.2, 0.25) is 0 Å². The maximum absolute atomic E-state index is 12.7. The van der Waals surface area contributed by atoms with Gasteiger partial charge < -0.3 is 5.11 Å². The Bertz CT molecular complexity index is 308. The quantitative estimate of drug-likeness (QED) is 0.668. The maximum atomic E-state index is 12.7. The van der Waals surface area contributed by atoms with Crippen LogP contribution in [-0.4, -0.2) is 17.3 Å². The first kappa shape index (κ1) is 9.55. The number of fused-ring (bicyclic) bond motifs is 2. The predicted molar refractivity (Wildman–Crippen MR) is 41.5 cm³/mol. The summed E-state index contributed by atoms with van der Waals surface area (Å²) in [6, 6.07) is 0. The molecule has 2 nitrogen and oxygen atoms in total. The first-order valence-electron chi connectivity index (χ1n) is 4.36. The molecule has 2 bridgehead atoms. The third-order valence-corrected chi connectivity index (χ3v) is 3.28. The van der Waals surface area contributed by atoms with Crippen LogP contribution in [0.3, 0.4) is 0 Å². The molecule has 3 atom stereocenters. The summed E-state index contributed by atoms with van der Waals surface area (Å²) in [5.41, 5.74) is -2.52. The van der Waals surface area contributed by atoms with Gasteiger partial charge in [-0.2, -0.15) is 13.2 Å². The normalized spacial score (nSPS) is 40.5. The number of carbonyl (C=O) groups is 1. The van der Waals surface area contributed by atoms with E-state index in [0.717, 1.165) is 0 Å². The summed E-state index contributed by atoms with van der Waals surface area (Å²) in [6.45, 7) is 0. The Balaban J connectivity index is 2.44. The molecule has 0 aliphatic heterocycles. The van der Waals surface area contributed by atoms with Crippen LogP contribution in [0.25, 0.3) is 0 Å². The van der Waals surface area contributed by atoms with Crippen LogP contribution in [0.1, 0.15) is 12.8 Å². The molecular weight excluding hydrogens is 197 g/mol. The fourth-order valence-electron chi connectivity index (χ4n) is 2.55. The summed E-state index contributed by atoms with van der Waals surface area (Å²) in [7, 11) is 0. The van der Waals surface area contributed by atoms with Crippen LogP contribution in [0.2, 0.25) is 0 Å². The number of alkyl halides is 3. The van der Waals surface area contributed by atoms with E-state index >= 15 is 0 Å². The Morgan fingerprint density at radius 2 is 2.07 bits per heavy atom. The maximum Gasteiger partial charge on any atom is 0.405 e. The highest BCUT2D eigenvalue weighted by Crippen LogP contribution is 2.59. The summed E-state index contributed by atoms with van der Waals surface area (Å²) < 4.78 is 38.1. The molecule has 0 aromatic carbocycles. The summed E-state index contributed by atoms with van der Waals surface area (Å²) in [5, 5.41) is 8.77. The Labute approximate surface area is 78.4 Å². The van der Waals surface area contributed by atoms with Gasteiger partial charge in [-0.1, -0.05) is 12.2 Å². The average Bonchev–Trinajstić information content (AvgIpc) is 2.59. The molecule has 1 unspecified atom stereocenters. The van der Waals surface area contributed by atoms with E-state index in [0.29, 0.717) is 6.42 Å². The fraction of sp³-hybridized carbons (Fsp3) is 0.667. The second-order valence-corrected chi connectivity index (χ2v) is 3.97. The Morgan fingerprint density at radius 1 is 1.43 bits per heavy atom. The van der Waals surface area contributed by atoms with E-state index in [1.807, 2.05) is 0 Å². The molecule has 5 heteroatoms. The second kappa shape index (κ2) is 2.52. The number of carboxylic acid groups (broad SMARTS) is 1. The van der Waals surface area contributed by atoms with Crippen molar-refractivity contribution >= 4 is 5.97 Å². The SMILES string of the molecule is O=C(O)C1(C(F)(F)F)C[C@H]2C=C[C@@H]1C2. The summed E-state index contributed by atoms with van der Waals surface area (Å²) in [5.74, 6) is -2.82. The van der Waals surface area contributed by atoms with E-state index in [1.165, 1.54) is 6.08 Å². The molecule has 0 saturated heterocycles. The lowest BCUT2D eigenvalue weighted by Gasteiger charge is -2.32. The van der Waals surface area contributed by atoms with Gasteiger partial charge in [-0.3, -0.25) is 4.79 Å². The molecule has 0 amide bonds. The molecule has 0 heterocycles. The molecule has 14 heavy (non-hydrogen) atoms. The van der Waals surface area contributed by atoms with Gasteiger partial charge in [0.1, 0.15) is 0 Å². The number of hydrogen-bond donors (Lipinski definition) is 1. The van der Waals surface area contributed by atoms with Gasteiger partial charge in [0, 0.05) is 5.92 Å². The highest BCUT2D eigenvalue weighted by Gasteiger charge is 2.68. The Morgan fingerprint density at radius 3 is 2.29 bits per heavy atom. The summed E-state index contributed by atoms with van der Waals surface area (Å²) in [4.78, 5) is 10.8. The number of halogens is 3. The highest BCUT2D eigenvalue weighted by molar-refractivity contribution is 5.77. The lowest BCUT2D eigenvalue weighted by molar-refractivity contribution is -0.238. The second-order valence-electron chi connectivity index (χ2n) is 3.97. The molecule has 0 aromatic rings. The van der Waals surface area contributed by atoms with Crippen molar-refractivity contribution in [1.82, 2.24) is 0 Å². The minimum atomic E-state index is -4.65. The van der Waals surface area contributed by atoms with E-state index in [4.69, 9.17) is 5.11 Å². The van der Waals surface area contributed by atoms with Crippen molar-refractivity contribution in [3.8, 4) is 0 Å². The van der Waals surface area contributed by atoms with Crippen LogP contribution in [0.15, 0.2) is 12.2 Å². The van der Waals surface area contributed by atoms with E-state index in [-0.39, 0.29) is 12.3 Å². The largest absolute Gasteiger partial charge is 0.481 e. The molecule has 2 aliphatic rings. The topological polar surface area (TPSA) is 37.3 Å². The zero-order chi connectivity index (χ0) is 10.6. The number of carboxylic acids is 1. The van der Waals surface area contributed by atoms with Gasteiger partial charge in [0.15, 0.2) is 5.41 Å². The van der Waals surface area contributed by atoms with E-state index < -0.39 is 23.5 Å². The van der Waals surface area contributed by atoms with Gasteiger partial charge in [-0.25, -0.2) is 0 Å². The van der Waals surface area contributed by atoms with Gasteiger partial charge in [-0.15, -0.1) is 0 Å². The van der Waals surface area contributed by atoms with Crippen LogP contribution in [0.4, 0.5) is 13.2 Å². The molecule has 0 radical (unpaired) electrons. The average molecular weight is 206 g/mol. The van der Waals surface area contributed by atoms with Crippen molar-refractivity contribution < 1.29 is 23.1 Å². The zero-order valence-electron chi connectivity index (χ0n) is 7.21. The molecule has 0 aromatic heterocycles. The minimum Gasteiger partial charge on any atom is -0.481 e. The van der Waals surface area contributed by atoms with Crippen molar-refractivity contribution in [3.63, 3.8) is 0 Å². The van der Waals surface area contributed by atoms with Gasteiger partial charge >= 0.3 is 12.1 Å². The molecule has 1 N–H and O–H groups in total. The van der Waals surface area contributed by atoms with Crippen molar-refractivity contribution in [1.29, 1.82) is 0 Å². The van der Waals surface area contributed by atoms with Gasteiger partial charge in [0.05, 0.1) is 0 Å². The lowest BCUT2D eigenvalue weighted by Crippen LogP contribution is -2.48. The van der Waals surface area contributed by atoms with E-state index in [9.17, 15) is 18.0 Å². The summed E-state index contributed by atoms with van der Waals surface area (Å²) >= 11 is 0. The summed E-state index contributed by atoms with van der Waals surface area (Å²) in [6.07, 6.45) is -1.53. The van der Waals surface area contributed by atoms with Gasteiger partial charge in [0.25, 0.3) is 0 Å². The van der Waals surface area contributed by atoms with Crippen LogP contribution < -0.4 is 0 Å². The zero-order valence-corrected chi connectivity index (χ0v) is 7.21. The smallest absolute Gasteiger partial charge is 0.405 e. The Hall–Kier alpha value is -1.00. The number of rotatable bonds is 1. The standard InChI is InChI=1S/C9H9F3O2/c10-9(11,12)8(7(13)14)4-5-1-2-6(8)3-5/h1-2,5-6H,3-4H2,(H,13,14)/t5-,6+,8?/m0/s1. The van der Waals surface area contributed by atoms with Crippen LogP contribution >= 0.6 is 0 Å². The fourth-order valence-corrected chi connectivity index (χ4v) is 2.55. The third-order valence-electron chi connectivity index (χ3n) is 3.28. The van der Waals surface area contributed by atoms with E-state index in [2.05, 4.69) is 0 Å². The third kappa shape index (κ3) is 0.952. The van der Waals surface area contributed by atoms with Gasteiger partial charge in [-0.05, 0) is 18.8 Å². The first-order chi connectivity index (χ1) is 6.38. The number of hydrogen-bond acceptors (Lipinski definition) is 1. The van der Waals surface area contributed by atoms with Crippen molar-refractivity contribution in [2.45, 2.75) is 19.0 Å². The molecule has 1 fully saturated rings. The van der Waals surface area contributed by atoms with E-state index in [1.54, 1.807) is 6.08 Å². The lowest BCUT2D eigenvalue weighted by atomic mass is 9.75. The number of aliphatic carboxylic acids is 1. The number of allylic oxidation sites excluding steroid dienone is 2. The molecule has 2 rings (SSSR count). The van der Waals surface area contributed by atoms with Crippen LogP contribution in [-0.2, 0) is 4.79 Å². The molecule has 2 aliphatic carbocycles. The van der Waals surface area contributed by atoms with Crippen molar-refractivity contribution in [2.24, 2.45) is 17.3 Å². The molecular formula is C9H9F3O2. The van der Waals surface area contributed by atoms with Crippen LogP contribution in [0.5, 0.6) is 0 Å².